The van der Waals surface area contributed by atoms with Crippen molar-refractivity contribution in [3.8, 4) is 0 Å². The topological polar surface area (TPSA) is 198 Å². The molecule has 0 aliphatic carbocycles. The van der Waals surface area contributed by atoms with Gasteiger partial charge in [0, 0.05) is 24.7 Å². The first kappa shape index (κ1) is 29.0. The third-order valence-electron chi connectivity index (χ3n) is 6.40. The molecule has 3 aromatic rings. The minimum atomic E-state index is -4.97. The number of rotatable bonds is 9. The maximum absolute atomic E-state index is 13.3. The molecule has 208 valence electrons. The fraction of sp³-hybridized carbons (Fsp3) is 0.476. The maximum Gasteiger partial charge on any atom is 0.355 e. The summed E-state index contributed by atoms with van der Waals surface area (Å²) >= 11 is 5.94. The SMILES string of the molecule is CCC(Cl)(P(O)OC[C@H]1O[C@@H](n2ccc(=O)n(Cc3nn(C)c4ccccc34)c2=O)[C@@H](O)[C@H]1O)P(=O)(O)O. The molecule has 2 unspecified atom stereocenters. The standard InChI is InChI=1S/C21H27ClN4O10P2/c1-3-21(22,38(32,33)34)37(31)35-11-15-17(28)18(29)19(36-15)25-9-8-16(27)26(20(25)30)10-13-12-6-4-5-7-14(12)24(2)23-13/h4-9,15,17-19,28-29,31H,3,10-11H2,1-2H3,(H2,32,33,34)/t15-,17+,18+,19-,21?,37?/m1/s1. The minimum Gasteiger partial charge on any atom is -0.387 e. The predicted molar refractivity (Wildman–Crippen MR) is 137 cm³/mol. The average Bonchev–Trinajstić information content (AvgIpc) is 3.34. The molecule has 38 heavy (non-hydrogen) atoms. The van der Waals surface area contributed by atoms with Gasteiger partial charge in [-0.2, -0.15) is 5.10 Å². The van der Waals surface area contributed by atoms with Crippen LogP contribution in [0.1, 0.15) is 25.3 Å². The van der Waals surface area contributed by atoms with Crippen molar-refractivity contribution >= 4 is 38.5 Å². The molecule has 0 amide bonds. The number of para-hydroxylation sites is 1. The van der Waals surface area contributed by atoms with Gasteiger partial charge in [-0.15, -0.1) is 0 Å². The second kappa shape index (κ2) is 10.9. The summed E-state index contributed by atoms with van der Waals surface area (Å²) in [5, 5.41) is 26.2. The monoisotopic (exact) mass is 592 g/mol. The van der Waals surface area contributed by atoms with Gasteiger partial charge < -0.3 is 34.2 Å². The molecule has 1 aliphatic rings. The summed E-state index contributed by atoms with van der Waals surface area (Å²) in [6, 6.07) is 8.40. The Morgan fingerprint density at radius 1 is 1.21 bits per heavy atom. The van der Waals surface area contributed by atoms with E-state index in [4.69, 9.17) is 20.9 Å². The average molecular weight is 593 g/mol. The van der Waals surface area contributed by atoms with Crippen LogP contribution in [0, 0.1) is 0 Å². The van der Waals surface area contributed by atoms with Gasteiger partial charge in [-0.05, 0) is 12.5 Å². The van der Waals surface area contributed by atoms with Crippen LogP contribution in [-0.2, 0) is 27.4 Å². The van der Waals surface area contributed by atoms with Crippen molar-refractivity contribution in [3.05, 3.63) is 63.1 Å². The quantitative estimate of drug-likeness (QED) is 0.170. The van der Waals surface area contributed by atoms with Crippen molar-refractivity contribution in [2.45, 2.75) is 48.8 Å². The minimum absolute atomic E-state index is 0.163. The van der Waals surface area contributed by atoms with Gasteiger partial charge >= 0.3 is 13.3 Å². The van der Waals surface area contributed by atoms with E-state index in [2.05, 4.69) is 5.10 Å². The lowest BCUT2D eigenvalue weighted by Gasteiger charge is -2.30. The molecule has 6 atom stereocenters. The molecule has 0 spiro atoms. The van der Waals surface area contributed by atoms with Gasteiger partial charge in [0.2, 0.25) is 12.7 Å². The van der Waals surface area contributed by atoms with Crippen LogP contribution in [0.5, 0.6) is 0 Å². The summed E-state index contributed by atoms with van der Waals surface area (Å²) in [5.41, 5.74) is -0.169. The molecule has 17 heteroatoms. The number of ether oxygens (including phenoxy) is 1. The maximum atomic E-state index is 13.3. The number of alkyl halides is 1. The Morgan fingerprint density at radius 3 is 2.55 bits per heavy atom. The number of aliphatic hydroxyl groups excluding tert-OH is 2. The van der Waals surface area contributed by atoms with E-state index >= 15 is 0 Å². The number of halogens is 1. The van der Waals surface area contributed by atoms with Gasteiger partial charge in [-0.25, -0.2) is 4.79 Å². The number of hydrogen-bond acceptors (Lipinski definition) is 9. The first-order valence-electron chi connectivity index (χ1n) is 11.4. The Balaban J connectivity index is 1.56. The first-order chi connectivity index (χ1) is 17.8. The number of hydrogen-bond donors (Lipinski definition) is 5. The lowest BCUT2D eigenvalue weighted by atomic mass is 10.1. The smallest absolute Gasteiger partial charge is 0.355 e. The Hall–Kier alpha value is -1.96. The summed E-state index contributed by atoms with van der Waals surface area (Å²) < 4.78 is 23.6. The number of benzene rings is 1. The van der Waals surface area contributed by atoms with Gasteiger partial charge in [-0.3, -0.25) is 23.2 Å². The Kier molecular flexibility index (Phi) is 8.33. The highest BCUT2D eigenvalue weighted by Gasteiger charge is 2.53. The van der Waals surface area contributed by atoms with Crippen LogP contribution in [0.4, 0.5) is 0 Å². The van der Waals surface area contributed by atoms with E-state index in [0.29, 0.717) is 5.69 Å². The predicted octanol–water partition coefficient (Wildman–Crippen LogP) is 0.365. The van der Waals surface area contributed by atoms with Crippen molar-refractivity contribution in [3.63, 3.8) is 0 Å². The summed E-state index contributed by atoms with van der Waals surface area (Å²) in [7, 11) is -6.12. The van der Waals surface area contributed by atoms with Crippen LogP contribution in [0.2, 0.25) is 0 Å². The zero-order valence-corrected chi connectivity index (χ0v) is 22.8. The first-order valence-corrected chi connectivity index (χ1v) is 14.6. The van der Waals surface area contributed by atoms with Gasteiger partial charge in [0.15, 0.2) is 6.23 Å². The van der Waals surface area contributed by atoms with Gasteiger partial charge in [-0.1, -0.05) is 36.7 Å². The Morgan fingerprint density at radius 2 is 1.89 bits per heavy atom. The zero-order chi connectivity index (χ0) is 28.0. The molecule has 3 heterocycles. The molecule has 1 fully saturated rings. The highest BCUT2D eigenvalue weighted by atomic mass is 35.5. The third kappa shape index (κ3) is 5.14. The van der Waals surface area contributed by atoms with Crippen molar-refractivity contribution in [1.82, 2.24) is 18.9 Å². The molecule has 2 aromatic heterocycles. The molecule has 1 aromatic carbocycles. The van der Waals surface area contributed by atoms with Crippen LogP contribution >= 0.6 is 27.6 Å². The van der Waals surface area contributed by atoms with Gasteiger partial charge in [0.1, 0.15) is 18.3 Å². The van der Waals surface area contributed by atoms with Crippen molar-refractivity contribution in [1.29, 1.82) is 0 Å². The molecule has 1 saturated heterocycles. The largest absolute Gasteiger partial charge is 0.387 e. The van der Waals surface area contributed by atoms with Crippen LogP contribution in [0.3, 0.4) is 0 Å². The second-order valence-corrected chi connectivity index (χ2v) is 13.7. The fourth-order valence-electron chi connectivity index (χ4n) is 4.22. The van der Waals surface area contributed by atoms with E-state index in [0.717, 1.165) is 32.3 Å². The number of aryl methyl sites for hydroxylation is 1. The zero-order valence-electron chi connectivity index (χ0n) is 20.2. The number of nitrogens with zero attached hydrogens (tertiary/aromatic N) is 4. The lowest BCUT2D eigenvalue weighted by Crippen LogP contribution is -2.43. The molecule has 5 N–H and O–H groups in total. The molecule has 14 nitrogen and oxygen atoms in total. The highest BCUT2D eigenvalue weighted by molar-refractivity contribution is 7.73. The molecular weight excluding hydrogens is 566 g/mol. The number of fused-ring (bicyclic) bond motifs is 1. The van der Waals surface area contributed by atoms with E-state index in [1.165, 1.54) is 6.92 Å². The molecule has 4 rings (SSSR count). The summed E-state index contributed by atoms with van der Waals surface area (Å²) in [6.45, 7) is 0.598. The van der Waals surface area contributed by atoms with Gasteiger partial charge in [0.25, 0.3) is 5.56 Å². The second-order valence-electron chi connectivity index (χ2n) is 8.75. The third-order valence-corrected chi connectivity index (χ3v) is 11.6. The summed E-state index contributed by atoms with van der Waals surface area (Å²) in [6.07, 6.45) is -5.16. The van der Waals surface area contributed by atoms with E-state index in [1.807, 2.05) is 18.2 Å². The highest BCUT2D eigenvalue weighted by Crippen LogP contribution is 2.70. The lowest BCUT2D eigenvalue weighted by molar-refractivity contribution is -0.0521. The van der Waals surface area contributed by atoms with Crippen LogP contribution in [-0.4, -0.2) is 73.1 Å². The van der Waals surface area contributed by atoms with Crippen LogP contribution in [0.25, 0.3) is 10.9 Å². The Bertz CT molecular complexity index is 1490. The molecule has 0 bridgehead atoms. The van der Waals surface area contributed by atoms with E-state index in [1.54, 1.807) is 17.8 Å². The number of aromatic nitrogens is 4. The van der Waals surface area contributed by atoms with Crippen LogP contribution < -0.4 is 11.2 Å². The van der Waals surface area contributed by atoms with E-state index < -0.39 is 62.7 Å². The van der Waals surface area contributed by atoms with Gasteiger partial charge in [0.05, 0.1) is 24.4 Å². The molecule has 0 radical (unpaired) electrons. The molecule has 0 saturated carbocycles. The summed E-state index contributed by atoms with van der Waals surface area (Å²) in [5.74, 6) is 0. The molecule has 1 aliphatic heterocycles. The summed E-state index contributed by atoms with van der Waals surface area (Å²) in [4.78, 5) is 55.1. The normalized spacial score (nSPS) is 24.5. The van der Waals surface area contributed by atoms with Crippen molar-refractivity contribution in [2.75, 3.05) is 6.61 Å². The fourth-order valence-corrected chi connectivity index (χ4v) is 6.60. The molecular formula is C21H27ClN4O10P2. The Labute approximate surface area is 221 Å². The van der Waals surface area contributed by atoms with Crippen LogP contribution in [0.15, 0.2) is 46.1 Å². The van der Waals surface area contributed by atoms with Crippen molar-refractivity contribution < 1.29 is 38.7 Å². The number of aliphatic hydroxyl groups is 2. The van der Waals surface area contributed by atoms with E-state index in [-0.39, 0.29) is 13.0 Å². The van der Waals surface area contributed by atoms with E-state index in [9.17, 15) is 39.0 Å². The van der Waals surface area contributed by atoms with Crippen molar-refractivity contribution in [2.24, 2.45) is 7.05 Å².